The van der Waals surface area contributed by atoms with E-state index in [2.05, 4.69) is 4.98 Å². The highest BCUT2D eigenvalue weighted by Crippen LogP contribution is 2.30. The number of halogens is 1. The quantitative estimate of drug-likeness (QED) is 0.133. The lowest BCUT2D eigenvalue weighted by atomic mass is 10.1. The van der Waals surface area contributed by atoms with Crippen LogP contribution in [0.1, 0.15) is 65.3 Å². The zero-order chi connectivity index (χ0) is 31.4. The average molecular weight is 627 g/mol. The Kier molecular flexibility index (Phi) is 11.5. The first-order valence-electron chi connectivity index (χ1n) is 15.6. The molecular weight excluding hydrogens is 588 g/mol. The first kappa shape index (κ1) is 32.0. The predicted octanol–water partition coefficient (Wildman–Crippen LogP) is 7.83. The monoisotopic (exact) mass is 626 g/mol. The van der Waals surface area contributed by atoms with E-state index in [1.165, 1.54) is 0 Å². The summed E-state index contributed by atoms with van der Waals surface area (Å²) in [5, 5.41) is 0.486. The van der Waals surface area contributed by atoms with Gasteiger partial charge in [-0.25, -0.2) is 4.79 Å². The molecule has 0 bridgehead atoms. The number of benzene rings is 3. The van der Waals surface area contributed by atoms with Crippen LogP contribution >= 0.6 is 11.6 Å². The van der Waals surface area contributed by atoms with Gasteiger partial charge in [-0.1, -0.05) is 60.8 Å². The fourth-order valence-electron chi connectivity index (χ4n) is 5.45. The fraction of sp³-hybridized carbons (Fsp3) is 0.324. The predicted molar refractivity (Wildman–Crippen MR) is 174 cm³/mol. The summed E-state index contributed by atoms with van der Waals surface area (Å²) in [6.45, 7) is 4.10. The molecule has 4 aromatic rings. The van der Waals surface area contributed by atoms with Crippen LogP contribution in [0.4, 0.5) is 0 Å². The van der Waals surface area contributed by atoms with Gasteiger partial charge in [0.15, 0.2) is 0 Å². The Balaban J connectivity index is 1.13. The highest BCUT2D eigenvalue weighted by atomic mass is 35.5. The van der Waals surface area contributed by atoms with E-state index in [0.717, 1.165) is 53.8 Å². The van der Waals surface area contributed by atoms with Crippen LogP contribution in [-0.2, 0) is 35.7 Å². The third-order valence-corrected chi connectivity index (χ3v) is 8.23. The van der Waals surface area contributed by atoms with Crippen molar-refractivity contribution in [1.82, 2.24) is 9.88 Å². The summed E-state index contributed by atoms with van der Waals surface area (Å²) in [6, 6.07) is 26.1. The molecule has 5 rings (SSSR count). The van der Waals surface area contributed by atoms with Crippen LogP contribution < -0.4 is 9.47 Å². The van der Waals surface area contributed by atoms with Gasteiger partial charge in [0.2, 0.25) is 5.91 Å². The number of hydrogen-bond acceptors (Lipinski definition) is 6. The zero-order valence-electron chi connectivity index (χ0n) is 25.6. The van der Waals surface area contributed by atoms with E-state index in [1.807, 2.05) is 84.6 Å². The third kappa shape index (κ3) is 9.32. The minimum Gasteiger partial charge on any atom is -0.494 e. The highest BCUT2D eigenvalue weighted by Gasteiger charge is 2.27. The number of aromatic nitrogens is 1. The van der Waals surface area contributed by atoms with Crippen LogP contribution in [0.15, 0.2) is 91.1 Å². The molecular formula is C37H39ClN2O5. The Morgan fingerprint density at radius 2 is 1.58 bits per heavy atom. The number of esters is 1. The molecule has 3 aromatic carbocycles. The topological polar surface area (TPSA) is 78.0 Å². The summed E-state index contributed by atoms with van der Waals surface area (Å²) in [4.78, 5) is 32.3. The van der Waals surface area contributed by atoms with Crippen LogP contribution in [0.25, 0.3) is 0 Å². The molecule has 1 aliphatic carbocycles. The Morgan fingerprint density at radius 3 is 2.27 bits per heavy atom. The summed E-state index contributed by atoms with van der Waals surface area (Å²) in [6.07, 6.45) is 6.62. The minimum atomic E-state index is -0.393. The number of carbonyl (C=O) groups excluding carboxylic acids is 2. The molecule has 7 nitrogen and oxygen atoms in total. The van der Waals surface area contributed by atoms with Crippen LogP contribution in [0, 0.1) is 5.92 Å². The highest BCUT2D eigenvalue weighted by molar-refractivity contribution is 6.32. The van der Waals surface area contributed by atoms with Gasteiger partial charge in [-0.15, -0.1) is 0 Å². The number of carbonyl (C=O) groups is 2. The van der Waals surface area contributed by atoms with Crippen molar-refractivity contribution >= 4 is 23.5 Å². The van der Waals surface area contributed by atoms with E-state index in [4.69, 9.17) is 25.8 Å². The van der Waals surface area contributed by atoms with E-state index in [1.54, 1.807) is 18.3 Å². The van der Waals surface area contributed by atoms with Crippen LogP contribution in [0.2, 0.25) is 5.02 Å². The third-order valence-electron chi connectivity index (χ3n) is 7.94. The van der Waals surface area contributed by atoms with Gasteiger partial charge in [0, 0.05) is 37.3 Å². The standard InChI is InChI=1S/C37H39ClN2O5/c1-2-43-33-17-12-28(13-18-33)26-45-37(42)31-15-10-27(11-16-31)25-44-35-19-14-29(23-34(35)38)24-40(36(41)30-7-3-4-8-30)22-20-32-9-5-6-21-39-32/h5-6,9-19,21,23,30H,2-4,7-8,20,22,24-26H2,1H3. The van der Waals surface area contributed by atoms with Gasteiger partial charge in [-0.2, -0.15) is 0 Å². The Bertz CT molecular complexity index is 1540. The summed E-state index contributed by atoms with van der Waals surface area (Å²) in [7, 11) is 0. The second-order valence-electron chi connectivity index (χ2n) is 11.2. The molecule has 0 N–H and O–H groups in total. The maximum Gasteiger partial charge on any atom is 0.338 e. The molecule has 0 aliphatic heterocycles. The average Bonchev–Trinajstić information content (AvgIpc) is 3.62. The Morgan fingerprint density at radius 1 is 0.867 bits per heavy atom. The molecule has 8 heteroatoms. The van der Waals surface area contributed by atoms with Crippen molar-refractivity contribution in [3.63, 3.8) is 0 Å². The van der Waals surface area contributed by atoms with Crippen LogP contribution in [0.3, 0.4) is 0 Å². The maximum absolute atomic E-state index is 13.4. The van der Waals surface area contributed by atoms with Crippen molar-refractivity contribution in [2.75, 3.05) is 13.2 Å². The zero-order valence-corrected chi connectivity index (χ0v) is 26.4. The van der Waals surface area contributed by atoms with Crippen LogP contribution in [-0.4, -0.2) is 34.9 Å². The number of rotatable bonds is 14. The summed E-state index contributed by atoms with van der Waals surface area (Å²) in [5.74, 6) is 1.26. The molecule has 0 saturated heterocycles. The number of ether oxygens (including phenoxy) is 3. The van der Waals surface area contributed by atoms with Gasteiger partial charge in [-0.05, 0) is 85.0 Å². The van der Waals surface area contributed by atoms with Gasteiger partial charge in [0.25, 0.3) is 0 Å². The SMILES string of the molecule is CCOc1ccc(COC(=O)c2ccc(COc3ccc(CN(CCc4ccccn4)C(=O)C4CCCC4)cc3Cl)cc2)cc1. The van der Waals surface area contributed by atoms with Crippen molar-refractivity contribution < 1.29 is 23.8 Å². The first-order valence-corrected chi connectivity index (χ1v) is 15.9. The lowest BCUT2D eigenvalue weighted by molar-refractivity contribution is -0.136. The van der Waals surface area contributed by atoms with E-state index in [-0.39, 0.29) is 25.0 Å². The van der Waals surface area contributed by atoms with E-state index >= 15 is 0 Å². The second-order valence-corrected chi connectivity index (χ2v) is 11.6. The van der Waals surface area contributed by atoms with Gasteiger partial charge in [0.05, 0.1) is 17.2 Å². The lowest BCUT2D eigenvalue weighted by Crippen LogP contribution is -2.36. The molecule has 1 fully saturated rings. The molecule has 1 heterocycles. The maximum atomic E-state index is 13.4. The lowest BCUT2D eigenvalue weighted by Gasteiger charge is -2.26. The van der Waals surface area contributed by atoms with Gasteiger partial charge in [0.1, 0.15) is 24.7 Å². The van der Waals surface area contributed by atoms with Crippen molar-refractivity contribution in [3.05, 3.63) is 124 Å². The molecule has 1 saturated carbocycles. The van der Waals surface area contributed by atoms with Crippen LogP contribution in [0.5, 0.6) is 11.5 Å². The Labute approximate surface area is 270 Å². The van der Waals surface area contributed by atoms with Gasteiger partial charge < -0.3 is 19.1 Å². The first-order chi connectivity index (χ1) is 22.0. The van der Waals surface area contributed by atoms with Gasteiger partial charge >= 0.3 is 5.97 Å². The molecule has 1 amide bonds. The fourth-order valence-corrected chi connectivity index (χ4v) is 5.71. The Hall–Kier alpha value is -4.36. The molecule has 1 aliphatic rings. The van der Waals surface area contributed by atoms with Crippen molar-refractivity contribution in [1.29, 1.82) is 0 Å². The summed E-state index contributed by atoms with van der Waals surface area (Å²) < 4.78 is 16.9. The molecule has 0 atom stereocenters. The molecule has 45 heavy (non-hydrogen) atoms. The molecule has 0 radical (unpaired) electrons. The smallest absolute Gasteiger partial charge is 0.338 e. The number of amides is 1. The molecule has 1 aromatic heterocycles. The molecule has 0 unspecified atom stereocenters. The number of hydrogen-bond donors (Lipinski definition) is 0. The largest absolute Gasteiger partial charge is 0.494 e. The van der Waals surface area contributed by atoms with E-state index < -0.39 is 5.97 Å². The van der Waals surface area contributed by atoms with E-state index in [0.29, 0.717) is 42.5 Å². The van der Waals surface area contributed by atoms with Crippen molar-refractivity contribution in [2.45, 2.75) is 58.8 Å². The van der Waals surface area contributed by atoms with E-state index in [9.17, 15) is 9.59 Å². The van der Waals surface area contributed by atoms with Crippen molar-refractivity contribution in [2.24, 2.45) is 5.92 Å². The number of pyridine rings is 1. The van der Waals surface area contributed by atoms with Gasteiger partial charge in [-0.3, -0.25) is 9.78 Å². The normalized spacial score (nSPS) is 12.9. The number of nitrogens with zero attached hydrogens (tertiary/aromatic N) is 2. The molecule has 234 valence electrons. The second kappa shape index (κ2) is 16.1. The summed E-state index contributed by atoms with van der Waals surface area (Å²) in [5.41, 5.74) is 4.16. The minimum absolute atomic E-state index is 0.0957. The molecule has 0 spiro atoms. The van der Waals surface area contributed by atoms with Crippen molar-refractivity contribution in [3.8, 4) is 11.5 Å². The summed E-state index contributed by atoms with van der Waals surface area (Å²) >= 11 is 6.63.